The van der Waals surface area contributed by atoms with E-state index in [2.05, 4.69) is 37.1 Å². The Morgan fingerprint density at radius 3 is 2.47 bits per heavy atom. The van der Waals surface area contributed by atoms with Gasteiger partial charge < -0.3 is 24.8 Å². The lowest BCUT2D eigenvalue weighted by atomic mass is 10.2. The number of hydrogen-bond donors (Lipinski definition) is 3. The number of hydrazone groups is 1. The Morgan fingerprint density at radius 2 is 1.69 bits per heavy atom. The lowest BCUT2D eigenvalue weighted by Gasteiger charge is -2.08. The van der Waals surface area contributed by atoms with E-state index < -0.39 is 11.8 Å². The molecule has 3 aromatic carbocycles. The summed E-state index contributed by atoms with van der Waals surface area (Å²) in [6, 6.07) is 19.2. The van der Waals surface area contributed by atoms with E-state index in [0.717, 1.165) is 10.0 Å². The molecule has 4 rings (SSSR count). The molecule has 10 nitrogen and oxygen atoms in total. The van der Waals surface area contributed by atoms with Gasteiger partial charge in [-0.2, -0.15) is 5.10 Å². The summed E-state index contributed by atoms with van der Waals surface area (Å²) < 4.78 is 16.9. The first-order valence-electron chi connectivity index (χ1n) is 10.7. The number of halogens is 1. The second kappa shape index (κ2) is 11.8. The van der Waals surface area contributed by atoms with Crippen LogP contribution in [0, 0.1) is 0 Å². The molecule has 0 aromatic heterocycles. The average molecular weight is 553 g/mol. The molecule has 0 bridgehead atoms. The smallest absolute Gasteiger partial charge is 0.329 e. The molecule has 36 heavy (non-hydrogen) atoms. The predicted octanol–water partition coefficient (Wildman–Crippen LogP) is 2.96. The number of fused-ring (bicyclic) bond motifs is 1. The molecule has 1 aliphatic heterocycles. The van der Waals surface area contributed by atoms with Crippen molar-refractivity contribution in [2.75, 3.05) is 18.7 Å². The SMILES string of the molecule is O=C(COc1ccc(/C=N\NC(=O)C(=O)NCc2ccc3c(c2)OCO3)cc1)Nc1ccc(Br)cc1. The number of ether oxygens (including phenoxy) is 3. The highest BCUT2D eigenvalue weighted by Gasteiger charge is 2.15. The van der Waals surface area contributed by atoms with Crippen LogP contribution in [0.3, 0.4) is 0 Å². The molecule has 3 amide bonds. The fourth-order valence-electron chi connectivity index (χ4n) is 3.06. The molecule has 0 aliphatic carbocycles. The summed E-state index contributed by atoms with van der Waals surface area (Å²) in [6.45, 7) is 0.155. The Bertz CT molecular complexity index is 1280. The maximum atomic E-state index is 12.0. The van der Waals surface area contributed by atoms with E-state index in [4.69, 9.17) is 14.2 Å². The number of nitrogens with one attached hydrogen (secondary N) is 3. The number of carbonyl (C=O) groups is 3. The van der Waals surface area contributed by atoms with E-state index in [1.165, 1.54) is 6.21 Å². The number of carbonyl (C=O) groups excluding carboxylic acids is 3. The highest BCUT2D eigenvalue weighted by Crippen LogP contribution is 2.32. The summed E-state index contributed by atoms with van der Waals surface area (Å²) in [5, 5.41) is 9.04. The Balaban J connectivity index is 1.17. The number of hydrogen-bond acceptors (Lipinski definition) is 7. The van der Waals surface area contributed by atoms with Crippen LogP contribution in [-0.4, -0.2) is 37.3 Å². The van der Waals surface area contributed by atoms with Crippen LogP contribution in [0.4, 0.5) is 5.69 Å². The summed E-state index contributed by atoms with van der Waals surface area (Å²) in [5.41, 5.74) is 4.26. The van der Waals surface area contributed by atoms with Gasteiger partial charge in [-0.1, -0.05) is 22.0 Å². The molecule has 0 unspecified atom stereocenters. The van der Waals surface area contributed by atoms with Gasteiger partial charge in [-0.15, -0.1) is 0 Å². The van der Waals surface area contributed by atoms with Gasteiger partial charge in [-0.3, -0.25) is 14.4 Å². The molecule has 0 spiro atoms. The molecule has 0 saturated carbocycles. The predicted molar refractivity (Wildman–Crippen MR) is 135 cm³/mol. The van der Waals surface area contributed by atoms with Crippen molar-refractivity contribution in [1.29, 1.82) is 0 Å². The van der Waals surface area contributed by atoms with Gasteiger partial charge in [0.15, 0.2) is 18.1 Å². The summed E-state index contributed by atoms with van der Waals surface area (Å²) >= 11 is 3.34. The van der Waals surface area contributed by atoms with Gasteiger partial charge in [0, 0.05) is 16.7 Å². The molecule has 3 aromatic rings. The van der Waals surface area contributed by atoms with Gasteiger partial charge >= 0.3 is 11.8 Å². The van der Waals surface area contributed by atoms with Gasteiger partial charge in [-0.05, 0) is 71.8 Å². The number of anilines is 1. The van der Waals surface area contributed by atoms with Crippen LogP contribution in [0.2, 0.25) is 0 Å². The normalized spacial score (nSPS) is 11.7. The molecule has 11 heteroatoms. The average Bonchev–Trinajstić information content (AvgIpc) is 3.36. The molecule has 184 valence electrons. The maximum Gasteiger partial charge on any atom is 0.329 e. The summed E-state index contributed by atoms with van der Waals surface area (Å²) in [7, 11) is 0. The van der Waals surface area contributed by atoms with Crippen molar-refractivity contribution in [2.45, 2.75) is 6.54 Å². The van der Waals surface area contributed by atoms with Crippen LogP contribution in [-0.2, 0) is 20.9 Å². The quantitative estimate of drug-likeness (QED) is 0.224. The molecule has 1 heterocycles. The van der Waals surface area contributed by atoms with E-state index >= 15 is 0 Å². The van der Waals surface area contributed by atoms with E-state index in [-0.39, 0.29) is 25.9 Å². The maximum absolute atomic E-state index is 12.0. The minimum absolute atomic E-state index is 0.148. The molecule has 1 aliphatic rings. The number of benzene rings is 3. The van der Waals surface area contributed by atoms with Crippen LogP contribution in [0.5, 0.6) is 17.2 Å². The van der Waals surface area contributed by atoms with E-state index in [9.17, 15) is 14.4 Å². The number of amides is 3. The molecule has 0 atom stereocenters. The second-order valence-electron chi connectivity index (χ2n) is 7.48. The van der Waals surface area contributed by atoms with Crippen LogP contribution < -0.4 is 30.3 Å². The van der Waals surface area contributed by atoms with Crippen LogP contribution >= 0.6 is 15.9 Å². The summed E-state index contributed by atoms with van der Waals surface area (Å²) in [6.07, 6.45) is 1.38. The third kappa shape index (κ3) is 7.06. The van der Waals surface area contributed by atoms with Gasteiger partial charge in [0.2, 0.25) is 6.79 Å². The summed E-state index contributed by atoms with van der Waals surface area (Å²) in [4.78, 5) is 36.0. The Morgan fingerprint density at radius 1 is 0.944 bits per heavy atom. The van der Waals surface area contributed by atoms with Gasteiger partial charge in [0.25, 0.3) is 5.91 Å². The Hall–Kier alpha value is -4.38. The van der Waals surface area contributed by atoms with Crippen molar-refractivity contribution in [1.82, 2.24) is 10.7 Å². The summed E-state index contributed by atoms with van der Waals surface area (Å²) in [5.74, 6) is -0.290. The zero-order valence-corrected chi connectivity index (χ0v) is 20.4. The molecular weight excluding hydrogens is 532 g/mol. The zero-order valence-electron chi connectivity index (χ0n) is 18.8. The number of rotatable bonds is 8. The van der Waals surface area contributed by atoms with Crippen LogP contribution in [0.25, 0.3) is 0 Å². The van der Waals surface area contributed by atoms with Crippen molar-refractivity contribution in [3.8, 4) is 17.2 Å². The Kier molecular flexibility index (Phi) is 8.14. The lowest BCUT2D eigenvalue weighted by molar-refractivity contribution is -0.139. The minimum Gasteiger partial charge on any atom is -0.484 e. The van der Waals surface area contributed by atoms with Crippen molar-refractivity contribution >= 4 is 45.6 Å². The standard InChI is InChI=1S/C25H21BrN4O6/c26-18-4-6-19(7-5-18)29-23(31)14-34-20-8-1-16(2-9-20)13-28-30-25(33)24(32)27-12-17-3-10-21-22(11-17)36-15-35-21/h1-11,13H,12,14-15H2,(H,27,32)(H,29,31)(H,30,33)/b28-13-. The van der Waals surface area contributed by atoms with Gasteiger partial charge in [0.1, 0.15) is 5.75 Å². The van der Waals surface area contributed by atoms with Crippen molar-refractivity contribution in [2.24, 2.45) is 5.10 Å². The lowest BCUT2D eigenvalue weighted by Crippen LogP contribution is -2.37. The van der Waals surface area contributed by atoms with E-state index in [1.54, 1.807) is 54.6 Å². The molecule has 0 saturated heterocycles. The van der Waals surface area contributed by atoms with E-state index in [1.807, 2.05) is 12.1 Å². The van der Waals surface area contributed by atoms with Gasteiger partial charge in [0.05, 0.1) is 6.21 Å². The zero-order chi connectivity index (χ0) is 25.3. The van der Waals surface area contributed by atoms with Crippen LogP contribution in [0.15, 0.2) is 76.3 Å². The largest absolute Gasteiger partial charge is 0.484 e. The second-order valence-corrected chi connectivity index (χ2v) is 8.40. The highest BCUT2D eigenvalue weighted by molar-refractivity contribution is 9.10. The monoisotopic (exact) mass is 552 g/mol. The van der Waals surface area contributed by atoms with Crippen molar-refractivity contribution in [3.63, 3.8) is 0 Å². The molecule has 0 radical (unpaired) electrons. The third-order valence-corrected chi connectivity index (χ3v) is 5.38. The number of nitrogens with zero attached hydrogens (tertiary/aromatic N) is 1. The molecule has 3 N–H and O–H groups in total. The Labute approximate surface area is 214 Å². The van der Waals surface area contributed by atoms with Crippen molar-refractivity contribution in [3.05, 3.63) is 82.3 Å². The molecule has 0 fully saturated rings. The fraction of sp³-hybridized carbons (Fsp3) is 0.120. The molecular formula is C25H21BrN4O6. The topological polar surface area (TPSA) is 127 Å². The van der Waals surface area contributed by atoms with Gasteiger partial charge in [-0.25, -0.2) is 5.43 Å². The first-order chi connectivity index (χ1) is 17.5. The highest BCUT2D eigenvalue weighted by atomic mass is 79.9. The van der Waals surface area contributed by atoms with Crippen molar-refractivity contribution < 1.29 is 28.6 Å². The fourth-order valence-corrected chi connectivity index (χ4v) is 3.32. The third-order valence-electron chi connectivity index (χ3n) is 4.85. The van der Waals surface area contributed by atoms with E-state index in [0.29, 0.717) is 28.5 Å². The minimum atomic E-state index is -0.899. The first kappa shape index (κ1) is 24.7. The van der Waals surface area contributed by atoms with Crippen LogP contribution in [0.1, 0.15) is 11.1 Å². The first-order valence-corrected chi connectivity index (χ1v) is 11.5.